The van der Waals surface area contributed by atoms with E-state index >= 15 is 0 Å². The Kier molecular flexibility index (Phi) is 3.50. The molecule has 1 aliphatic rings. The third-order valence-corrected chi connectivity index (χ3v) is 2.90. The molecule has 1 unspecified atom stereocenters. The number of esters is 1. The topological polar surface area (TPSA) is 61.8 Å². The van der Waals surface area contributed by atoms with Gasteiger partial charge in [-0.1, -0.05) is 0 Å². The van der Waals surface area contributed by atoms with Crippen molar-refractivity contribution in [1.82, 2.24) is 0 Å². The molecule has 0 radical (unpaired) electrons. The molecule has 5 nitrogen and oxygen atoms in total. The lowest BCUT2D eigenvalue weighted by Crippen LogP contribution is -2.14. The second kappa shape index (κ2) is 5.08. The van der Waals surface area contributed by atoms with Gasteiger partial charge in [-0.25, -0.2) is 0 Å². The molecule has 1 heterocycles. The zero-order valence-corrected chi connectivity index (χ0v) is 10.3. The van der Waals surface area contributed by atoms with Gasteiger partial charge in [-0.3, -0.25) is 9.59 Å². The van der Waals surface area contributed by atoms with Gasteiger partial charge in [0.25, 0.3) is 0 Å². The number of hydrogen-bond acceptors (Lipinski definition) is 5. The van der Waals surface area contributed by atoms with Gasteiger partial charge in [-0.15, -0.1) is 0 Å². The van der Waals surface area contributed by atoms with Crippen molar-refractivity contribution in [2.45, 2.75) is 6.42 Å². The second-order valence-electron chi connectivity index (χ2n) is 4.02. The number of benzene rings is 1. The largest absolute Gasteiger partial charge is 0.493 e. The number of hydrogen-bond donors (Lipinski definition) is 0. The first-order valence-electron chi connectivity index (χ1n) is 5.57. The molecule has 18 heavy (non-hydrogen) atoms. The molecule has 0 aromatic heterocycles. The molecule has 1 saturated heterocycles. The molecular formula is C13H14O5. The minimum absolute atomic E-state index is 0.109. The highest BCUT2D eigenvalue weighted by molar-refractivity contribution is 6.01. The summed E-state index contributed by atoms with van der Waals surface area (Å²) in [4.78, 5) is 23.1. The van der Waals surface area contributed by atoms with Crippen molar-refractivity contribution in [2.75, 3.05) is 20.8 Å². The van der Waals surface area contributed by atoms with Crippen LogP contribution in [0.5, 0.6) is 11.5 Å². The zero-order valence-electron chi connectivity index (χ0n) is 10.3. The van der Waals surface area contributed by atoms with E-state index in [1.165, 1.54) is 14.2 Å². The maximum atomic E-state index is 12.1. The summed E-state index contributed by atoms with van der Waals surface area (Å²) in [5.41, 5.74) is 0.496. The van der Waals surface area contributed by atoms with Gasteiger partial charge >= 0.3 is 5.97 Å². The zero-order chi connectivity index (χ0) is 13.1. The highest BCUT2D eigenvalue weighted by atomic mass is 16.5. The van der Waals surface area contributed by atoms with Crippen LogP contribution in [0, 0.1) is 5.92 Å². The Balaban J connectivity index is 2.23. The van der Waals surface area contributed by atoms with Gasteiger partial charge in [-0.2, -0.15) is 0 Å². The number of cyclic esters (lactones) is 1. The normalized spacial score (nSPS) is 18.3. The molecular weight excluding hydrogens is 236 g/mol. The molecule has 0 bridgehead atoms. The van der Waals surface area contributed by atoms with Gasteiger partial charge in [0.1, 0.15) is 6.61 Å². The van der Waals surface area contributed by atoms with Crippen molar-refractivity contribution >= 4 is 11.8 Å². The molecule has 1 aliphatic heterocycles. The number of Topliss-reactive ketones (excluding diaryl/α,β-unsaturated/α-hetero) is 1. The van der Waals surface area contributed by atoms with Crippen LogP contribution in [0.3, 0.4) is 0 Å². The Labute approximate surface area is 105 Å². The fourth-order valence-corrected chi connectivity index (χ4v) is 1.91. The van der Waals surface area contributed by atoms with E-state index in [1.807, 2.05) is 0 Å². The van der Waals surface area contributed by atoms with Crippen LogP contribution in [0.2, 0.25) is 0 Å². The van der Waals surface area contributed by atoms with Crippen LogP contribution >= 0.6 is 0 Å². The first-order valence-corrected chi connectivity index (χ1v) is 5.57. The van der Waals surface area contributed by atoms with Crippen LogP contribution < -0.4 is 9.47 Å². The van der Waals surface area contributed by atoms with Crippen molar-refractivity contribution in [3.8, 4) is 11.5 Å². The lowest BCUT2D eigenvalue weighted by molar-refractivity contribution is -0.137. The summed E-state index contributed by atoms with van der Waals surface area (Å²) in [5, 5.41) is 0. The van der Waals surface area contributed by atoms with Gasteiger partial charge < -0.3 is 14.2 Å². The summed E-state index contributed by atoms with van der Waals surface area (Å²) in [6, 6.07) is 4.94. The highest BCUT2D eigenvalue weighted by Crippen LogP contribution is 2.29. The van der Waals surface area contributed by atoms with Crippen molar-refractivity contribution in [2.24, 2.45) is 5.92 Å². The fraction of sp³-hybridized carbons (Fsp3) is 0.385. The van der Waals surface area contributed by atoms with Gasteiger partial charge in [0.2, 0.25) is 0 Å². The van der Waals surface area contributed by atoms with E-state index < -0.39 is 5.92 Å². The minimum Gasteiger partial charge on any atom is -0.493 e. The van der Waals surface area contributed by atoms with E-state index in [4.69, 9.17) is 14.2 Å². The molecule has 0 aliphatic carbocycles. The SMILES string of the molecule is COc1ccc(C(=O)C2COC(=O)C2)cc1OC. The lowest BCUT2D eigenvalue weighted by atomic mass is 9.96. The number of ketones is 1. The van der Waals surface area contributed by atoms with Gasteiger partial charge in [0.05, 0.1) is 26.6 Å². The van der Waals surface area contributed by atoms with Crippen LogP contribution in [0.25, 0.3) is 0 Å². The van der Waals surface area contributed by atoms with E-state index in [0.29, 0.717) is 17.1 Å². The summed E-state index contributed by atoms with van der Waals surface area (Å²) >= 11 is 0. The molecule has 1 atom stereocenters. The predicted octanol–water partition coefficient (Wildman–Crippen LogP) is 1.45. The molecule has 96 valence electrons. The average molecular weight is 250 g/mol. The molecule has 1 fully saturated rings. The molecule has 5 heteroatoms. The first kappa shape index (κ1) is 12.4. The highest BCUT2D eigenvalue weighted by Gasteiger charge is 2.30. The number of ether oxygens (including phenoxy) is 3. The van der Waals surface area contributed by atoms with Gasteiger partial charge in [-0.05, 0) is 18.2 Å². The van der Waals surface area contributed by atoms with Gasteiger partial charge in [0, 0.05) is 5.56 Å². The maximum absolute atomic E-state index is 12.1. The Bertz CT molecular complexity index is 480. The fourth-order valence-electron chi connectivity index (χ4n) is 1.91. The van der Waals surface area contributed by atoms with Gasteiger partial charge in [0.15, 0.2) is 17.3 Å². The van der Waals surface area contributed by atoms with Crippen molar-refractivity contribution in [3.63, 3.8) is 0 Å². The summed E-state index contributed by atoms with van der Waals surface area (Å²) in [6.45, 7) is 0.159. The molecule has 0 spiro atoms. The van der Waals surface area contributed by atoms with Crippen LogP contribution in [0.15, 0.2) is 18.2 Å². The maximum Gasteiger partial charge on any atom is 0.306 e. The summed E-state index contributed by atoms with van der Waals surface area (Å²) in [6.07, 6.45) is 0.146. The summed E-state index contributed by atoms with van der Waals surface area (Å²) in [5.74, 6) is 0.229. The standard InChI is InChI=1S/C13H14O5/c1-16-10-4-3-8(5-11(10)17-2)13(15)9-6-12(14)18-7-9/h3-5,9H,6-7H2,1-2H3. The van der Waals surface area contributed by atoms with E-state index in [1.54, 1.807) is 18.2 Å². The predicted molar refractivity (Wildman–Crippen MR) is 62.9 cm³/mol. The monoisotopic (exact) mass is 250 g/mol. The third-order valence-electron chi connectivity index (χ3n) is 2.90. The van der Waals surface area contributed by atoms with Crippen molar-refractivity contribution < 1.29 is 23.8 Å². The van der Waals surface area contributed by atoms with E-state index in [2.05, 4.69) is 0 Å². The van der Waals surface area contributed by atoms with Crippen molar-refractivity contribution in [1.29, 1.82) is 0 Å². The second-order valence-corrected chi connectivity index (χ2v) is 4.02. The average Bonchev–Trinajstić information content (AvgIpc) is 2.83. The van der Waals surface area contributed by atoms with Crippen LogP contribution in [0.4, 0.5) is 0 Å². The molecule has 1 aromatic rings. The molecule has 1 aromatic carbocycles. The summed E-state index contributed by atoms with van der Waals surface area (Å²) < 4.78 is 15.0. The Hall–Kier alpha value is -2.04. The van der Waals surface area contributed by atoms with E-state index in [-0.39, 0.29) is 24.8 Å². The Morgan fingerprint density at radius 2 is 2.00 bits per heavy atom. The molecule has 2 rings (SSSR count). The number of methoxy groups -OCH3 is 2. The van der Waals surface area contributed by atoms with Crippen LogP contribution in [-0.2, 0) is 9.53 Å². The number of rotatable bonds is 4. The smallest absolute Gasteiger partial charge is 0.306 e. The molecule has 0 N–H and O–H groups in total. The van der Waals surface area contributed by atoms with Crippen LogP contribution in [-0.4, -0.2) is 32.6 Å². The molecule has 0 saturated carbocycles. The summed E-state index contributed by atoms with van der Waals surface area (Å²) in [7, 11) is 3.04. The third kappa shape index (κ3) is 2.30. The van der Waals surface area contributed by atoms with E-state index in [9.17, 15) is 9.59 Å². The van der Waals surface area contributed by atoms with Crippen molar-refractivity contribution in [3.05, 3.63) is 23.8 Å². The Morgan fingerprint density at radius 1 is 1.28 bits per heavy atom. The van der Waals surface area contributed by atoms with Crippen LogP contribution in [0.1, 0.15) is 16.8 Å². The minimum atomic E-state index is -0.393. The van der Waals surface area contributed by atoms with E-state index in [0.717, 1.165) is 0 Å². The first-order chi connectivity index (χ1) is 8.65. The molecule has 0 amide bonds. The Morgan fingerprint density at radius 3 is 2.56 bits per heavy atom. The number of carbonyl (C=O) groups is 2. The quantitative estimate of drug-likeness (QED) is 0.598. The number of carbonyl (C=O) groups excluding carboxylic acids is 2. The lowest BCUT2D eigenvalue weighted by Gasteiger charge is -2.10.